The summed E-state index contributed by atoms with van der Waals surface area (Å²) in [4.78, 5) is 3.49. The lowest BCUT2D eigenvalue weighted by atomic mass is 10.2. The summed E-state index contributed by atoms with van der Waals surface area (Å²) in [5, 5.41) is 21.1. The van der Waals surface area contributed by atoms with Crippen LogP contribution in [0.4, 0.5) is 19.0 Å². The molecule has 1 aromatic carbocycles. The first-order chi connectivity index (χ1) is 12.0. The van der Waals surface area contributed by atoms with Gasteiger partial charge in [-0.05, 0) is 12.1 Å². The predicted molar refractivity (Wildman–Crippen MR) is 86.6 cm³/mol. The van der Waals surface area contributed by atoms with E-state index < -0.39 is 11.9 Å². The Bertz CT molecular complexity index is 916. The highest BCUT2D eigenvalue weighted by Crippen LogP contribution is 2.30. The zero-order valence-electron chi connectivity index (χ0n) is 12.6. The van der Waals surface area contributed by atoms with Gasteiger partial charge in [0.25, 0.3) is 0 Å². The summed E-state index contributed by atoms with van der Waals surface area (Å²) in [7, 11) is 0. The Kier molecular flexibility index (Phi) is 4.63. The Hall–Kier alpha value is -2.99. The van der Waals surface area contributed by atoms with Crippen molar-refractivity contribution in [2.75, 3.05) is 5.32 Å². The van der Waals surface area contributed by atoms with Crippen LogP contribution < -0.4 is 5.32 Å². The topological polar surface area (TPSA) is 74.5 Å². The molecule has 9 heteroatoms. The molecule has 0 aliphatic carbocycles. The second-order valence-electron chi connectivity index (χ2n) is 4.92. The zero-order chi connectivity index (χ0) is 17.9. The van der Waals surface area contributed by atoms with Gasteiger partial charge in [-0.3, -0.25) is 0 Å². The van der Waals surface area contributed by atoms with Crippen molar-refractivity contribution < 1.29 is 13.2 Å². The summed E-state index contributed by atoms with van der Waals surface area (Å²) in [5.41, 5.74) is -0.127. The average Bonchev–Trinajstić information content (AvgIpc) is 3.08. The number of pyridine rings is 1. The van der Waals surface area contributed by atoms with E-state index in [1.807, 2.05) is 36.4 Å². The molecule has 126 valence electrons. The van der Waals surface area contributed by atoms with Crippen molar-refractivity contribution in [2.45, 2.75) is 12.7 Å². The maximum absolute atomic E-state index is 12.8. The molecule has 0 spiro atoms. The van der Waals surface area contributed by atoms with Crippen LogP contribution in [0.1, 0.15) is 16.3 Å². The molecule has 0 saturated carbocycles. The Labute approximate surface area is 144 Å². The fraction of sp³-hybridized carbons (Fsp3) is 0.125. The van der Waals surface area contributed by atoms with Gasteiger partial charge in [-0.15, -0.1) is 10.2 Å². The minimum atomic E-state index is -4.58. The highest BCUT2D eigenvalue weighted by atomic mass is 32.1. The molecule has 0 fully saturated rings. The van der Waals surface area contributed by atoms with Gasteiger partial charge < -0.3 is 5.32 Å². The molecule has 3 aromatic rings. The zero-order valence-corrected chi connectivity index (χ0v) is 13.4. The first-order valence-corrected chi connectivity index (χ1v) is 7.89. The quantitative estimate of drug-likeness (QED) is 0.757. The molecule has 3 rings (SSSR count). The van der Waals surface area contributed by atoms with Gasteiger partial charge in [0.15, 0.2) is 0 Å². The maximum atomic E-state index is 12.8. The van der Waals surface area contributed by atoms with Crippen LogP contribution in [0, 0.1) is 11.3 Å². The van der Waals surface area contributed by atoms with Crippen LogP contribution in [0.2, 0.25) is 0 Å². The molecule has 0 aliphatic rings. The Morgan fingerprint density at radius 3 is 2.52 bits per heavy atom. The number of aromatic nitrogens is 3. The Balaban J connectivity index is 1.78. The van der Waals surface area contributed by atoms with Crippen LogP contribution in [0.15, 0.2) is 42.5 Å². The van der Waals surface area contributed by atoms with E-state index in [2.05, 4.69) is 20.5 Å². The molecule has 5 nitrogen and oxygen atoms in total. The number of nitriles is 1. The molecule has 0 bridgehead atoms. The van der Waals surface area contributed by atoms with E-state index in [4.69, 9.17) is 5.26 Å². The lowest BCUT2D eigenvalue weighted by Gasteiger charge is -2.10. The molecule has 25 heavy (non-hydrogen) atoms. The second kappa shape index (κ2) is 6.86. The summed E-state index contributed by atoms with van der Waals surface area (Å²) >= 11 is 1.31. The van der Waals surface area contributed by atoms with Gasteiger partial charge in [0.2, 0.25) is 0 Å². The van der Waals surface area contributed by atoms with Gasteiger partial charge in [0.1, 0.15) is 27.6 Å². The molecule has 0 amide bonds. The van der Waals surface area contributed by atoms with Crippen LogP contribution in [0.3, 0.4) is 0 Å². The van der Waals surface area contributed by atoms with Gasteiger partial charge >= 0.3 is 6.18 Å². The van der Waals surface area contributed by atoms with E-state index >= 15 is 0 Å². The lowest BCUT2D eigenvalue weighted by molar-refractivity contribution is -0.141. The summed E-state index contributed by atoms with van der Waals surface area (Å²) in [6.45, 7) is 0.119. The largest absolute Gasteiger partial charge is 0.433 e. The Morgan fingerprint density at radius 1 is 1.08 bits per heavy atom. The van der Waals surface area contributed by atoms with E-state index in [1.54, 1.807) is 0 Å². The van der Waals surface area contributed by atoms with E-state index in [0.717, 1.165) is 17.7 Å². The molecule has 2 aromatic heterocycles. The van der Waals surface area contributed by atoms with E-state index in [-0.39, 0.29) is 17.9 Å². The number of anilines is 1. The van der Waals surface area contributed by atoms with Crippen LogP contribution >= 0.6 is 11.3 Å². The summed E-state index contributed by atoms with van der Waals surface area (Å²) in [5.74, 6) is -0.131. The normalized spacial score (nSPS) is 11.1. The monoisotopic (exact) mass is 361 g/mol. The first-order valence-electron chi connectivity index (χ1n) is 7.07. The number of nitrogens with zero attached hydrogens (tertiary/aromatic N) is 4. The average molecular weight is 361 g/mol. The van der Waals surface area contributed by atoms with E-state index in [0.29, 0.717) is 10.0 Å². The van der Waals surface area contributed by atoms with Crippen molar-refractivity contribution in [1.29, 1.82) is 5.26 Å². The number of hydrogen-bond acceptors (Lipinski definition) is 6. The standard InChI is InChI=1S/C16H10F3N5S/c17-16(18,19)12-7-6-11(8-20)14(22-12)21-9-13-23-24-15(25-13)10-4-2-1-3-5-10/h1-7H,9H2,(H,21,22). The number of halogens is 3. The van der Waals surface area contributed by atoms with Gasteiger partial charge in [0.05, 0.1) is 12.1 Å². The number of hydrogen-bond donors (Lipinski definition) is 1. The number of benzene rings is 1. The molecule has 0 aliphatic heterocycles. The van der Waals surface area contributed by atoms with Crippen LogP contribution in [0.5, 0.6) is 0 Å². The van der Waals surface area contributed by atoms with E-state index in [1.165, 1.54) is 11.3 Å². The maximum Gasteiger partial charge on any atom is 0.433 e. The molecule has 2 heterocycles. The van der Waals surface area contributed by atoms with Crippen LogP contribution in [-0.4, -0.2) is 15.2 Å². The molecule has 0 radical (unpaired) electrons. The highest BCUT2D eigenvalue weighted by Gasteiger charge is 2.33. The van der Waals surface area contributed by atoms with Gasteiger partial charge in [-0.25, -0.2) is 4.98 Å². The van der Waals surface area contributed by atoms with Crippen LogP contribution in [0.25, 0.3) is 10.6 Å². The smallest absolute Gasteiger partial charge is 0.362 e. The minimum Gasteiger partial charge on any atom is -0.362 e. The van der Waals surface area contributed by atoms with Gasteiger partial charge in [-0.2, -0.15) is 18.4 Å². The fourth-order valence-corrected chi connectivity index (χ4v) is 2.81. The van der Waals surface area contributed by atoms with Gasteiger partial charge in [0, 0.05) is 5.56 Å². The predicted octanol–water partition coefficient (Wildman–Crippen LogP) is 4.10. The van der Waals surface area contributed by atoms with Crippen molar-refractivity contribution in [2.24, 2.45) is 0 Å². The van der Waals surface area contributed by atoms with Crippen molar-refractivity contribution in [1.82, 2.24) is 15.2 Å². The molecular weight excluding hydrogens is 351 g/mol. The number of nitrogens with one attached hydrogen (secondary N) is 1. The second-order valence-corrected chi connectivity index (χ2v) is 5.98. The van der Waals surface area contributed by atoms with Crippen molar-refractivity contribution in [3.05, 3.63) is 58.7 Å². The third-order valence-electron chi connectivity index (χ3n) is 3.20. The Morgan fingerprint density at radius 2 is 1.84 bits per heavy atom. The van der Waals surface area contributed by atoms with Crippen molar-refractivity contribution in [3.8, 4) is 16.6 Å². The molecule has 0 unspecified atom stereocenters. The molecule has 1 N–H and O–H groups in total. The highest BCUT2D eigenvalue weighted by molar-refractivity contribution is 7.14. The molecule has 0 atom stereocenters. The van der Waals surface area contributed by atoms with Gasteiger partial charge in [-0.1, -0.05) is 41.7 Å². The lowest BCUT2D eigenvalue weighted by Crippen LogP contribution is -2.11. The van der Waals surface area contributed by atoms with Crippen molar-refractivity contribution >= 4 is 17.2 Å². The first kappa shape index (κ1) is 16.9. The van der Waals surface area contributed by atoms with Crippen molar-refractivity contribution in [3.63, 3.8) is 0 Å². The van der Waals surface area contributed by atoms with E-state index in [9.17, 15) is 13.2 Å². The summed E-state index contributed by atoms with van der Waals surface area (Å²) in [6, 6.07) is 13.1. The third kappa shape index (κ3) is 3.92. The summed E-state index contributed by atoms with van der Waals surface area (Å²) < 4.78 is 38.3. The third-order valence-corrected chi connectivity index (χ3v) is 4.17. The molecular formula is C16H10F3N5S. The number of rotatable bonds is 4. The summed E-state index contributed by atoms with van der Waals surface area (Å²) in [6.07, 6.45) is -4.58. The number of alkyl halides is 3. The van der Waals surface area contributed by atoms with Crippen LogP contribution in [-0.2, 0) is 12.7 Å². The molecule has 0 saturated heterocycles. The fourth-order valence-electron chi connectivity index (χ4n) is 2.02. The minimum absolute atomic E-state index is 0.0285. The SMILES string of the molecule is N#Cc1ccc(C(F)(F)F)nc1NCc1nnc(-c2ccccc2)s1.